The molecule has 0 spiro atoms. The molecule has 6 nitrogen and oxygen atoms in total. The zero-order chi connectivity index (χ0) is 23.9. The zero-order valence-corrected chi connectivity index (χ0v) is 19.3. The molecule has 3 aromatic rings. The third kappa shape index (κ3) is 5.52. The predicted octanol–water partition coefficient (Wildman–Crippen LogP) is 4.21. The van der Waals surface area contributed by atoms with Crippen LogP contribution in [0.15, 0.2) is 78.9 Å². The number of aryl methyl sites for hydroxylation is 1. The quantitative estimate of drug-likeness (QED) is 0.560. The van der Waals surface area contributed by atoms with E-state index in [1.165, 1.54) is 0 Å². The molecule has 3 aromatic carbocycles. The lowest BCUT2D eigenvalue weighted by atomic mass is 10.1. The Hall–Kier alpha value is -3.93. The van der Waals surface area contributed by atoms with Crippen molar-refractivity contribution in [3.8, 4) is 0 Å². The molecule has 4 rings (SSSR count). The van der Waals surface area contributed by atoms with Gasteiger partial charge in [-0.15, -0.1) is 0 Å². The Balaban J connectivity index is 1.39. The fourth-order valence-electron chi connectivity index (χ4n) is 4.30. The molecule has 1 aliphatic rings. The summed E-state index contributed by atoms with van der Waals surface area (Å²) in [5, 5.41) is 5.85. The molecule has 0 saturated carbocycles. The highest BCUT2D eigenvalue weighted by Gasteiger charge is 2.34. The van der Waals surface area contributed by atoms with E-state index in [2.05, 4.69) is 10.6 Å². The number of nitrogens with one attached hydrogen (secondary N) is 2. The Morgan fingerprint density at radius 2 is 1.71 bits per heavy atom. The van der Waals surface area contributed by atoms with Gasteiger partial charge in [-0.05, 0) is 61.6 Å². The summed E-state index contributed by atoms with van der Waals surface area (Å²) in [7, 11) is 0. The van der Waals surface area contributed by atoms with Gasteiger partial charge in [-0.3, -0.25) is 14.4 Å². The van der Waals surface area contributed by atoms with E-state index in [4.69, 9.17) is 0 Å². The number of rotatable bonds is 7. The van der Waals surface area contributed by atoms with E-state index < -0.39 is 6.04 Å². The van der Waals surface area contributed by atoms with Gasteiger partial charge in [0.1, 0.15) is 6.04 Å². The van der Waals surface area contributed by atoms with Gasteiger partial charge in [-0.2, -0.15) is 0 Å². The molecule has 1 saturated heterocycles. The van der Waals surface area contributed by atoms with Gasteiger partial charge in [0.25, 0.3) is 11.8 Å². The Kier molecular flexibility index (Phi) is 7.38. The average Bonchev–Trinajstić information content (AvgIpc) is 3.35. The van der Waals surface area contributed by atoms with Crippen molar-refractivity contribution in [2.24, 2.45) is 0 Å². The van der Waals surface area contributed by atoms with Gasteiger partial charge >= 0.3 is 0 Å². The first-order valence-electron chi connectivity index (χ1n) is 11.6. The Bertz CT molecular complexity index is 1180. The minimum Gasteiger partial charge on any atom is -0.354 e. The number of hydrogen-bond acceptors (Lipinski definition) is 3. The monoisotopic (exact) mass is 455 g/mol. The van der Waals surface area contributed by atoms with Gasteiger partial charge in [0, 0.05) is 29.9 Å². The van der Waals surface area contributed by atoms with Crippen LogP contribution in [0.3, 0.4) is 0 Å². The van der Waals surface area contributed by atoms with Gasteiger partial charge < -0.3 is 15.5 Å². The number of likely N-dealkylation sites (tertiary alicyclic amines) is 1. The first-order chi connectivity index (χ1) is 16.5. The van der Waals surface area contributed by atoms with Crippen LogP contribution in [0.1, 0.15) is 44.7 Å². The van der Waals surface area contributed by atoms with Gasteiger partial charge in [0.15, 0.2) is 0 Å². The van der Waals surface area contributed by atoms with Crippen LogP contribution in [-0.4, -0.2) is 41.8 Å². The standard InChI is InChI=1S/C28H29N3O3/c1-20-9-5-6-14-24(20)26(32)30-23-13-7-12-22(19-23)28(34)31-18-8-15-25(31)27(33)29-17-16-21-10-3-2-4-11-21/h2-7,9-14,19,25H,8,15-18H2,1H3,(H,29,33)(H,30,32). The molecule has 1 aliphatic heterocycles. The molecule has 0 bridgehead atoms. The third-order valence-corrected chi connectivity index (χ3v) is 6.13. The second-order valence-corrected chi connectivity index (χ2v) is 8.53. The second-order valence-electron chi connectivity index (χ2n) is 8.53. The van der Waals surface area contributed by atoms with E-state index in [0.717, 1.165) is 24.0 Å². The normalized spacial score (nSPS) is 15.1. The van der Waals surface area contributed by atoms with E-state index in [-0.39, 0.29) is 17.7 Å². The van der Waals surface area contributed by atoms with Crippen LogP contribution >= 0.6 is 0 Å². The molecule has 1 unspecified atom stereocenters. The van der Waals surface area contributed by atoms with Crippen LogP contribution < -0.4 is 10.6 Å². The summed E-state index contributed by atoms with van der Waals surface area (Å²) >= 11 is 0. The van der Waals surface area contributed by atoms with E-state index in [9.17, 15) is 14.4 Å². The number of hydrogen-bond donors (Lipinski definition) is 2. The van der Waals surface area contributed by atoms with Crippen molar-refractivity contribution in [2.75, 3.05) is 18.4 Å². The van der Waals surface area contributed by atoms with Crippen LogP contribution in [0.5, 0.6) is 0 Å². The Morgan fingerprint density at radius 3 is 2.50 bits per heavy atom. The largest absolute Gasteiger partial charge is 0.354 e. The van der Waals surface area contributed by atoms with E-state index in [1.54, 1.807) is 35.2 Å². The fourth-order valence-corrected chi connectivity index (χ4v) is 4.30. The van der Waals surface area contributed by atoms with Crippen LogP contribution in [0, 0.1) is 6.92 Å². The molecule has 1 atom stereocenters. The lowest BCUT2D eigenvalue weighted by Crippen LogP contribution is -2.46. The van der Waals surface area contributed by atoms with Crippen molar-refractivity contribution in [2.45, 2.75) is 32.2 Å². The van der Waals surface area contributed by atoms with Gasteiger partial charge in [-0.1, -0.05) is 54.6 Å². The third-order valence-electron chi connectivity index (χ3n) is 6.13. The molecule has 174 valence electrons. The summed E-state index contributed by atoms with van der Waals surface area (Å²) in [4.78, 5) is 40.4. The zero-order valence-electron chi connectivity index (χ0n) is 19.3. The summed E-state index contributed by atoms with van der Waals surface area (Å²) in [5.74, 6) is -0.543. The van der Waals surface area contributed by atoms with E-state index >= 15 is 0 Å². The molecular formula is C28H29N3O3. The van der Waals surface area contributed by atoms with Crippen molar-refractivity contribution >= 4 is 23.4 Å². The number of amides is 3. The lowest BCUT2D eigenvalue weighted by Gasteiger charge is -2.24. The van der Waals surface area contributed by atoms with Crippen LogP contribution in [0.25, 0.3) is 0 Å². The first-order valence-corrected chi connectivity index (χ1v) is 11.6. The van der Waals surface area contributed by atoms with Gasteiger partial charge in [0.2, 0.25) is 5.91 Å². The second kappa shape index (κ2) is 10.8. The van der Waals surface area contributed by atoms with Crippen molar-refractivity contribution in [1.82, 2.24) is 10.2 Å². The minimum absolute atomic E-state index is 0.120. The predicted molar refractivity (Wildman–Crippen MR) is 133 cm³/mol. The maximum Gasteiger partial charge on any atom is 0.255 e. The van der Waals surface area contributed by atoms with Crippen molar-refractivity contribution in [3.63, 3.8) is 0 Å². The van der Waals surface area contributed by atoms with Gasteiger partial charge in [-0.25, -0.2) is 0 Å². The summed E-state index contributed by atoms with van der Waals surface area (Å²) < 4.78 is 0. The first kappa shape index (κ1) is 23.2. The molecule has 0 aliphatic carbocycles. The molecule has 0 radical (unpaired) electrons. The number of nitrogens with zero attached hydrogens (tertiary/aromatic N) is 1. The molecule has 3 amide bonds. The number of benzene rings is 3. The molecule has 6 heteroatoms. The smallest absolute Gasteiger partial charge is 0.255 e. The van der Waals surface area contributed by atoms with Crippen LogP contribution in [0.2, 0.25) is 0 Å². The highest BCUT2D eigenvalue weighted by molar-refractivity contribution is 6.06. The SMILES string of the molecule is Cc1ccccc1C(=O)Nc1cccc(C(=O)N2CCCC2C(=O)NCCc2ccccc2)c1. The van der Waals surface area contributed by atoms with Crippen LogP contribution in [-0.2, 0) is 11.2 Å². The number of carbonyl (C=O) groups excluding carboxylic acids is 3. The van der Waals surface area contributed by atoms with Crippen molar-refractivity contribution in [1.29, 1.82) is 0 Å². The number of anilines is 1. The van der Waals surface area contributed by atoms with Crippen LogP contribution in [0.4, 0.5) is 5.69 Å². The fraction of sp³-hybridized carbons (Fsp3) is 0.250. The van der Waals surface area contributed by atoms with Gasteiger partial charge in [0.05, 0.1) is 0 Å². The molecule has 1 heterocycles. The summed E-state index contributed by atoms with van der Waals surface area (Å²) in [6.45, 7) is 2.95. The number of carbonyl (C=O) groups is 3. The molecule has 0 aromatic heterocycles. The summed E-state index contributed by atoms with van der Waals surface area (Å²) in [6.07, 6.45) is 2.18. The average molecular weight is 456 g/mol. The molecule has 2 N–H and O–H groups in total. The Morgan fingerprint density at radius 1 is 0.941 bits per heavy atom. The lowest BCUT2D eigenvalue weighted by molar-refractivity contribution is -0.124. The summed E-state index contributed by atoms with van der Waals surface area (Å²) in [5.41, 5.74) is 3.62. The van der Waals surface area contributed by atoms with E-state index in [0.29, 0.717) is 36.3 Å². The maximum absolute atomic E-state index is 13.3. The maximum atomic E-state index is 13.3. The van der Waals surface area contributed by atoms with Crippen molar-refractivity contribution in [3.05, 3.63) is 101 Å². The highest BCUT2D eigenvalue weighted by atomic mass is 16.2. The molecule has 1 fully saturated rings. The molecular weight excluding hydrogens is 426 g/mol. The minimum atomic E-state index is -0.478. The Labute approximate surface area is 200 Å². The topological polar surface area (TPSA) is 78.5 Å². The highest BCUT2D eigenvalue weighted by Crippen LogP contribution is 2.22. The molecule has 34 heavy (non-hydrogen) atoms. The van der Waals surface area contributed by atoms with E-state index in [1.807, 2.05) is 55.5 Å². The summed E-state index contributed by atoms with van der Waals surface area (Å²) in [6, 6.07) is 23.7. The van der Waals surface area contributed by atoms with Crippen molar-refractivity contribution < 1.29 is 14.4 Å².